The number of hydrogen-bond donors (Lipinski definition) is 0. The monoisotopic (exact) mass is 240 g/mol. The predicted molar refractivity (Wildman–Crippen MR) is 57.1 cm³/mol. The maximum atomic E-state index is 5.67. The molecule has 0 bridgehead atoms. The van der Waals surface area contributed by atoms with Gasteiger partial charge in [0.05, 0.1) is 11.1 Å². The van der Waals surface area contributed by atoms with E-state index in [1.54, 1.807) is 0 Å². The zero-order valence-corrected chi connectivity index (χ0v) is 9.30. The van der Waals surface area contributed by atoms with E-state index in [1.807, 2.05) is 6.07 Å². The summed E-state index contributed by atoms with van der Waals surface area (Å²) in [5.41, 5.74) is 1.26. The van der Waals surface area contributed by atoms with Gasteiger partial charge < -0.3 is 4.74 Å². The summed E-state index contributed by atoms with van der Waals surface area (Å²) >= 11 is 3.49. The van der Waals surface area contributed by atoms with Crippen LogP contribution in [-0.2, 0) is 0 Å². The lowest BCUT2D eigenvalue weighted by Crippen LogP contribution is -1.99. The summed E-state index contributed by atoms with van der Waals surface area (Å²) in [6.45, 7) is 2.96. The van der Waals surface area contributed by atoms with Crippen molar-refractivity contribution in [2.45, 2.75) is 19.8 Å². The van der Waals surface area contributed by atoms with Crippen molar-refractivity contribution in [1.29, 1.82) is 0 Å². The number of benzene rings is 1. The molecular weight excluding hydrogens is 228 g/mol. The third-order valence-corrected chi connectivity index (χ3v) is 2.88. The van der Waals surface area contributed by atoms with Gasteiger partial charge in [0.2, 0.25) is 0 Å². The number of hydrogen-bond acceptors (Lipinski definition) is 1. The van der Waals surface area contributed by atoms with Crippen molar-refractivity contribution in [2.24, 2.45) is 5.92 Å². The minimum Gasteiger partial charge on any atom is -0.492 e. The summed E-state index contributed by atoms with van der Waals surface area (Å²) < 4.78 is 6.73. The highest BCUT2D eigenvalue weighted by molar-refractivity contribution is 9.10. The predicted octanol–water partition coefficient (Wildman–Crippen LogP) is 3.55. The Morgan fingerprint density at radius 3 is 2.85 bits per heavy atom. The molecule has 1 aromatic rings. The zero-order valence-electron chi connectivity index (χ0n) is 7.72. The van der Waals surface area contributed by atoms with Gasteiger partial charge in [-0.05, 0) is 59.3 Å². The maximum Gasteiger partial charge on any atom is 0.133 e. The molecule has 0 saturated heterocycles. The average Bonchev–Trinajstić information content (AvgIpc) is 2.86. The Hall–Kier alpha value is -0.500. The molecule has 1 aromatic carbocycles. The molecule has 0 amide bonds. The van der Waals surface area contributed by atoms with Gasteiger partial charge in [-0.2, -0.15) is 0 Å². The average molecular weight is 241 g/mol. The van der Waals surface area contributed by atoms with Crippen LogP contribution in [0.2, 0.25) is 0 Å². The molecule has 0 aromatic heterocycles. The molecular formula is C11H13BrO. The molecule has 1 saturated carbocycles. The number of aryl methyl sites for hydroxylation is 1. The number of halogens is 1. The van der Waals surface area contributed by atoms with Crippen LogP contribution in [0, 0.1) is 12.8 Å². The van der Waals surface area contributed by atoms with E-state index in [4.69, 9.17) is 4.74 Å². The SMILES string of the molecule is Cc1ccc(OCC2CC2)c(Br)c1. The minimum atomic E-state index is 0.813. The first-order valence-electron chi connectivity index (χ1n) is 4.64. The van der Waals surface area contributed by atoms with Gasteiger partial charge in [-0.15, -0.1) is 0 Å². The summed E-state index contributed by atoms with van der Waals surface area (Å²) in [5.74, 6) is 1.78. The second-order valence-corrected chi connectivity index (χ2v) is 4.54. The molecule has 13 heavy (non-hydrogen) atoms. The second kappa shape index (κ2) is 3.70. The fourth-order valence-corrected chi connectivity index (χ4v) is 1.82. The quantitative estimate of drug-likeness (QED) is 0.786. The Morgan fingerprint density at radius 2 is 2.23 bits per heavy atom. The molecule has 2 heteroatoms. The Balaban J connectivity index is 2.01. The molecule has 0 unspecified atom stereocenters. The highest BCUT2D eigenvalue weighted by Crippen LogP contribution is 2.32. The van der Waals surface area contributed by atoms with Gasteiger partial charge in [-0.3, -0.25) is 0 Å². The molecule has 1 nitrogen and oxygen atoms in total. The highest BCUT2D eigenvalue weighted by atomic mass is 79.9. The molecule has 2 rings (SSSR count). The van der Waals surface area contributed by atoms with Crippen LogP contribution in [0.25, 0.3) is 0 Å². The Labute approximate surface area is 87.2 Å². The fourth-order valence-electron chi connectivity index (χ4n) is 1.22. The van der Waals surface area contributed by atoms with Gasteiger partial charge >= 0.3 is 0 Å². The van der Waals surface area contributed by atoms with E-state index in [1.165, 1.54) is 18.4 Å². The van der Waals surface area contributed by atoms with Gasteiger partial charge in [-0.1, -0.05) is 6.07 Å². The standard InChI is InChI=1S/C11H13BrO/c1-8-2-5-11(10(12)6-8)13-7-9-3-4-9/h2,5-6,9H,3-4,7H2,1H3. The molecule has 0 aliphatic heterocycles. The summed E-state index contributed by atoms with van der Waals surface area (Å²) in [5, 5.41) is 0. The fraction of sp³-hybridized carbons (Fsp3) is 0.455. The third kappa shape index (κ3) is 2.47. The van der Waals surface area contributed by atoms with Crippen molar-refractivity contribution >= 4 is 15.9 Å². The molecule has 70 valence electrons. The first-order chi connectivity index (χ1) is 6.25. The van der Waals surface area contributed by atoms with E-state index in [0.717, 1.165) is 22.7 Å². The molecule has 1 fully saturated rings. The molecule has 0 radical (unpaired) electrons. The summed E-state index contributed by atoms with van der Waals surface area (Å²) in [6, 6.07) is 6.19. The first-order valence-corrected chi connectivity index (χ1v) is 5.44. The van der Waals surface area contributed by atoms with E-state index in [-0.39, 0.29) is 0 Å². The topological polar surface area (TPSA) is 9.23 Å². The minimum absolute atomic E-state index is 0.813. The molecule has 0 spiro atoms. The van der Waals surface area contributed by atoms with Gasteiger partial charge in [0, 0.05) is 0 Å². The first kappa shape index (κ1) is 9.07. The number of ether oxygens (including phenoxy) is 1. The number of rotatable bonds is 3. The van der Waals surface area contributed by atoms with Crippen LogP contribution in [-0.4, -0.2) is 6.61 Å². The molecule has 0 heterocycles. The van der Waals surface area contributed by atoms with Crippen molar-refractivity contribution in [1.82, 2.24) is 0 Å². The van der Waals surface area contributed by atoms with Gasteiger partial charge in [0.1, 0.15) is 5.75 Å². The normalized spacial score (nSPS) is 15.8. The van der Waals surface area contributed by atoms with Crippen molar-refractivity contribution in [3.05, 3.63) is 28.2 Å². The lowest BCUT2D eigenvalue weighted by molar-refractivity contribution is 0.298. The second-order valence-electron chi connectivity index (χ2n) is 3.69. The van der Waals surface area contributed by atoms with Gasteiger partial charge in [0.15, 0.2) is 0 Å². The third-order valence-electron chi connectivity index (χ3n) is 2.26. The molecule has 1 aliphatic rings. The van der Waals surface area contributed by atoms with Crippen molar-refractivity contribution in [3.63, 3.8) is 0 Å². The van der Waals surface area contributed by atoms with E-state index in [9.17, 15) is 0 Å². The van der Waals surface area contributed by atoms with E-state index >= 15 is 0 Å². The van der Waals surface area contributed by atoms with Gasteiger partial charge in [-0.25, -0.2) is 0 Å². The van der Waals surface area contributed by atoms with Crippen LogP contribution in [0.15, 0.2) is 22.7 Å². The van der Waals surface area contributed by atoms with E-state index < -0.39 is 0 Å². The smallest absolute Gasteiger partial charge is 0.133 e. The maximum absolute atomic E-state index is 5.67. The molecule has 0 N–H and O–H groups in total. The summed E-state index contributed by atoms with van der Waals surface area (Å²) in [6.07, 6.45) is 2.67. The van der Waals surface area contributed by atoms with Crippen molar-refractivity contribution in [2.75, 3.05) is 6.61 Å². The van der Waals surface area contributed by atoms with Crippen LogP contribution >= 0.6 is 15.9 Å². The van der Waals surface area contributed by atoms with E-state index in [0.29, 0.717) is 0 Å². The lowest BCUT2D eigenvalue weighted by Gasteiger charge is -2.07. The summed E-state index contributed by atoms with van der Waals surface area (Å²) in [7, 11) is 0. The van der Waals surface area contributed by atoms with Crippen molar-refractivity contribution in [3.8, 4) is 5.75 Å². The van der Waals surface area contributed by atoms with Crippen LogP contribution < -0.4 is 4.74 Å². The van der Waals surface area contributed by atoms with Crippen molar-refractivity contribution < 1.29 is 4.74 Å². The largest absolute Gasteiger partial charge is 0.492 e. The Bertz CT molecular complexity index is 305. The highest BCUT2D eigenvalue weighted by Gasteiger charge is 2.22. The lowest BCUT2D eigenvalue weighted by atomic mass is 10.2. The van der Waals surface area contributed by atoms with Crippen LogP contribution in [0.1, 0.15) is 18.4 Å². The zero-order chi connectivity index (χ0) is 9.26. The molecule has 1 aliphatic carbocycles. The molecule has 0 atom stereocenters. The van der Waals surface area contributed by atoms with Gasteiger partial charge in [0.25, 0.3) is 0 Å². The van der Waals surface area contributed by atoms with E-state index in [2.05, 4.69) is 35.0 Å². The van der Waals surface area contributed by atoms with Crippen LogP contribution in [0.4, 0.5) is 0 Å². The van der Waals surface area contributed by atoms with Crippen LogP contribution in [0.3, 0.4) is 0 Å². The van der Waals surface area contributed by atoms with Crippen LogP contribution in [0.5, 0.6) is 5.75 Å². The Kier molecular flexibility index (Phi) is 2.58. The summed E-state index contributed by atoms with van der Waals surface area (Å²) in [4.78, 5) is 0. The Morgan fingerprint density at radius 1 is 1.46 bits per heavy atom.